The zero-order chi connectivity index (χ0) is 25.9. The van der Waals surface area contributed by atoms with E-state index in [2.05, 4.69) is 27.2 Å². The molecule has 9 nitrogen and oxygen atoms in total. The number of halogens is 1. The molecule has 0 spiro atoms. The van der Waals surface area contributed by atoms with Gasteiger partial charge in [0.2, 0.25) is 5.91 Å². The number of rotatable bonds is 6. The number of imidazole rings is 1. The SMILES string of the molecule is C=CC(=O)N1CCCCC1c1nc(-c2ccc(C(=O)Nc3cc(F)ccn3)cc2)c2c(NC)nccn12. The van der Waals surface area contributed by atoms with Gasteiger partial charge in [-0.05, 0) is 43.5 Å². The minimum atomic E-state index is -0.483. The number of aromatic nitrogens is 4. The summed E-state index contributed by atoms with van der Waals surface area (Å²) < 4.78 is 15.4. The van der Waals surface area contributed by atoms with E-state index < -0.39 is 11.7 Å². The lowest BCUT2D eigenvalue weighted by molar-refractivity contribution is -0.129. The number of nitrogens with zero attached hydrogens (tertiary/aromatic N) is 5. The number of piperidine rings is 1. The van der Waals surface area contributed by atoms with Gasteiger partial charge in [-0.25, -0.2) is 19.3 Å². The van der Waals surface area contributed by atoms with Crippen LogP contribution in [0.3, 0.4) is 0 Å². The maximum atomic E-state index is 13.4. The van der Waals surface area contributed by atoms with Gasteiger partial charge in [0, 0.05) is 49.4 Å². The van der Waals surface area contributed by atoms with Crippen molar-refractivity contribution in [3.8, 4) is 11.3 Å². The molecule has 4 heterocycles. The summed E-state index contributed by atoms with van der Waals surface area (Å²) in [6.45, 7) is 4.31. The maximum Gasteiger partial charge on any atom is 0.256 e. The topological polar surface area (TPSA) is 105 Å². The maximum absolute atomic E-state index is 13.4. The first-order valence-corrected chi connectivity index (χ1v) is 12.0. The van der Waals surface area contributed by atoms with Crippen LogP contribution < -0.4 is 10.6 Å². The third-order valence-corrected chi connectivity index (χ3v) is 6.46. The van der Waals surface area contributed by atoms with Crippen molar-refractivity contribution in [1.82, 2.24) is 24.3 Å². The molecular weight excluding hydrogens is 473 g/mol. The number of carbonyl (C=O) groups is 2. The summed E-state index contributed by atoms with van der Waals surface area (Å²) in [5.74, 6) is 0.524. The fraction of sp³-hybridized carbons (Fsp3) is 0.222. The molecule has 2 N–H and O–H groups in total. The molecule has 2 amide bonds. The number of carbonyl (C=O) groups excluding carboxylic acids is 2. The lowest BCUT2D eigenvalue weighted by Gasteiger charge is -2.34. The van der Waals surface area contributed by atoms with E-state index in [9.17, 15) is 14.0 Å². The van der Waals surface area contributed by atoms with Crippen molar-refractivity contribution in [2.45, 2.75) is 25.3 Å². The van der Waals surface area contributed by atoms with Crippen molar-refractivity contribution in [3.05, 3.63) is 84.8 Å². The lowest BCUT2D eigenvalue weighted by Crippen LogP contribution is -2.38. The number of anilines is 2. The van der Waals surface area contributed by atoms with Crippen molar-refractivity contribution in [3.63, 3.8) is 0 Å². The van der Waals surface area contributed by atoms with Gasteiger partial charge in [-0.15, -0.1) is 0 Å². The normalized spacial score (nSPS) is 15.4. The van der Waals surface area contributed by atoms with Crippen LogP contribution in [0.1, 0.15) is 41.5 Å². The first-order chi connectivity index (χ1) is 18.0. The Kier molecular flexibility index (Phi) is 6.63. The van der Waals surface area contributed by atoms with Crippen molar-refractivity contribution in [2.75, 3.05) is 24.2 Å². The number of pyridine rings is 1. The van der Waals surface area contributed by atoms with Crippen molar-refractivity contribution >= 4 is 29.0 Å². The van der Waals surface area contributed by atoms with Crippen molar-refractivity contribution in [1.29, 1.82) is 0 Å². The second-order valence-corrected chi connectivity index (χ2v) is 8.70. The van der Waals surface area contributed by atoms with E-state index in [-0.39, 0.29) is 17.8 Å². The first kappa shape index (κ1) is 24.1. The van der Waals surface area contributed by atoms with Crippen LogP contribution in [0, 0.1) is 5.82 Å². The molecule has 0 radical (unpaired) electrons. The molecule has 188 valence electrons. The summed E-state index contributed by atoms with van der Waals surface area (Å²) in [6, 6.07) is 9.14. The minimum Gasteiger partial charge on any atom is -0.371 e. The monoisotopic (exact) mass is 499 g/mol. The second kappa shape index (κ2) is 10.2. The molecule has 1 fully saturated rings. The summed E-state index contributed by atoms with van der Waals surface area (Å²) in [7, 11) is 1.79. The molecule has 37 heavy (non-hydrogen) atoms. The fourth-order valence-corrected chi connectivity index (χ4v) is 4.70. The Morgan fingerprint density at radius 1 is 1.14 bits per heavy atom. The number of likely N-dealkylation sites (tertiary alicyclic amines) is 1. The number of amides is 2. The standard InChI is InChI=1S/C27H26FN7O2/c1-3-22(36)34-14-5-4-6-20(34)26-33-23(24-25(29-2)31-13-15-35(24)26)17-7-9-18(10-8-17)27(37)32-21-16-19(28)11-12-30-21/h3,7-13,15-16,20H,1,4-6,14H2,2H3,(H,29,31)(H,30,32,37). The highest BCUT2D eigenvalue weighted by Crippen LogP contribution is 2.36. The van der Waals surface area contributed by atoms with E-state index >= 15 is 0 Å². The van der Waals surface area contributed by atoms with Gasteiger partial charge < -0.3 is 15.5 Å². The smallest absolute Gasteiger partial charge is 0.256 e. The highest BCUT2D eigenvalue weighted by Gasteiger charge is 2.31. The summed E-state index contributed by atoms with van der Waals surface area (Å²) in [5.41, 5.74) is 2.63. The molecular formula is C27H26FN7O2. The quantitative estimate of drug-likeness (QED) is 0.380. The van der Waals surface area contributed by atoms with Gasteiger partial charge in [0.25, 0.3) is 5.91 Å². The predicted octanol–water partition coefficient (Wildman–Crippen LogP) is 4.46. The predicted molar refractivity (Wildman–Crippen MR) is 139 cm³/mol. The molecule has 3 aromatic heterocycles. The number of benzene rings is 1. The van der Waals surface area contributed by atoms with Gasteiger partial charge in [-0.3, -0.25) is 14.0 Å². The Morgan fingerprint density at radius 2 is 1.95 bits per heavy atom. The molecule has 1 aliphatic rings. The zero-order valence-electron chi connectivity index (χ0n) is 20.3. The second-order valence-electron chi connectivity index (χ2n) is 8.70. The molecule has 1 saturated heterocycles. The first-order valence-electron chi connectivity index (χ1n) is 12.0. The van der Waals surface area contributed by atoms with Crippen molar-refractivity contribution < 1.29 is 14.0 Å². The molecule has 1 aliphatic heterocycles. The van der Waals surface area contributed by atoms with Gasteiger partial charge in [-0.1, -0.05) is 18.7 Å². The van der Waals surface area contributed by atoms with Gasteiger partial charge in [0.15, 0.2) is 5.82 Å². The van der Waals surface area contributed by atoms with E-state index in [1.54, 1.807) is 37.5 Å². The van der Waals surface area contributed by atoms with Gasteiger partial charge >= 0.3 is 0 Å². The van der Waals surface area contributed by atoms with Crippen molar-refractivity contribution in [2.24, 2.45) is 0 Å². The van der Waals surface area contributed by atoms with E-state index in [1.165, 1.54) is 18.3 Å². The zero-order valence-corrected chi connectivity index (χ0v) is 20.3. The summed E-state index contributed by atoms with van der Waals surface area (Å²) in [4.78, 5) is 40.6. The summed E-state index contributed by atoms with van der Waals surface area (Å²) in [5, 5.41) is 5.73. The molecule has 0 aliphatic carbocycles. The Morgan fingerprint density at radius 3 is 2.68 bits per heavy atom. The van der Waals surface area contributed by atoms with Gasteiger partial charge in [0.1, 0.15) is 28.7 Å². The highest BCUT2D eigenvalue weighted by atomic mass is 19.1. The van der Waals surface area contributed by atoms with Crippen LogP contribution in [-0.4, -0.2) is 49.7 Å². The lowest BCUT2D eigenvalue weighted by atomic mass is 10.0. The van der Waals surface area contributed by atoms with Crippen LogP contribution in [0.15, 0.2) is 67.6 Å². The van der Waals surface area contributed by atoms with Crippen LogP contribution in [0.4, 0.5) is 16.0 Å². The largest absolute Gasteiger partial charge is 0.371 e. The Bertz CT molecular complexity index is 1480. The van der Waals surface area contributed by atoms with Gasteiger partial charge in [0.05, 0.1) is 6.04 Å². The molecule has 0 saturated carbocycles. The number of hydrogen-bond acceptors (Lipinski definition) is 6. The van der Waals surface area contributed by atoms with E-state index in [4.69, 9.17) is 4.98 Å². The summed E-state index contributed by atoms with van der Waals surface area (Å²) >= 11 is 0. The van der Waals surface area contributed by atoms with Crippen LogP contribution in [0.25, 0.3) is 16.8 Å². The molecule has 10 heteroatoms. The number of hydrogen-bond donors (Lipinski definition) is 2. The van der Waals surface area contributed by atoms with Crippen LogP contribution in [0.5, 0.6) is 0 Å². The Hall–Kier alpha value is -4.60. The Balaban J connectivity index is 1.53. The average Bonchev–Trinajstić information content (AvgIpc) is 3.32. The average molecular weight is 500 g/mol. The summed E-state index contributed by atoms with van der Waals surface area (Å²) in [6.07, 6.45) is 8.90. The van der Waals surface area contributed by atoms with E-state index in [0.717, 1.165) is 42.2 Å². The molecule has 4 aromatic rings. The molecule has 1 atom stereocenters. The third-order valence-electron chi connectivity index (χ3n) is 6.46. The molecule has 1 unspecified atom stereocenters. The van der Waals surface area contributed by atoms with Crippen LogP contribution in [-0.2, 0) is 4.79 Å². The number of nitrogens with one attached hydrogen (secondary N) is 2. The van der Waals surface area contributed by atoms with Crippen LogP contribution >= 0.6 is 0 Å². The molecule has 1 aromatic carbocycles. The minimum absolute atomic E-state index is 0.117. The molecule has 5 rings (SSSR count). The highest BCUT2D eigenvalue weighted by molar-refractivity contribution is 6.04. The van der Waals surface area contributed by atoms with E-state index in [0.29, 0.717) is 23.6 Å². The third kappa shape index (κ3) is 4.65. The van der Waals surface area contributed by atoms with E-state index in [1.807, 2.05) is 15.5 Å². The molecule has 0 bridgehead atoms. The van der Waals surface area contributed by atoms with Gasteiger partial charge in [-0.2, -0.15) is 0 Å². The van der Waals surface area contributed by atoms with Crippen LogP contribution in [0.2, 0.25) is 0 Å². The Labute approximate surface area is 213 Å². The number of fused-ring (bicyclic) bond motifs is 1. The fourth-order valence-electron chi connectivity index (χ4n) is 4.70.